The van der Waals surface area contributed by atoms with Crippen LogP contribution in [0.25, 0.3) is 0 Å². The molecule has 0 aromatic carbocycles. The predicted molar refractivity (Wildman–Crippen MR) is 90.6 cm³/mol. The van der Waals surface area contributed by atoms with Crippen LogP contribution in [0.5, 0.6) is 0 Å². The third-order valence-electron chi connectivity index (χ3n) is 2.31. The number of hydrogen-bond donors (Lipinski definition) is 8. The van der Waals surface area contributed by atoms with Gasteiger partial charge in [0.05, 0.1) is 12.8 Å². The SMILES string of the molecule is CNC(=S)N/N=C\C(=N/NC(=S)NC)[C@@H](O)[C@H](O)[C@H](O)CO. The van der Waals surface area contributed by atoms with Crippen LogP contribution in [-0.2, 0) is 0 Å². The van der Waals surface area contributed by atoms with Crippen LogP contribution in [0, 0.1) is 0 Å². The lowest BCUT2D eigenvalue weighted by molar-refractivity contribution is -0.0549. The average Bonchev–Trinajstić information content (AvgIpc) is 2.54. The predicted octanol–water partition coefficient (Wildman–Crippen LogP) is -3.41. The quantitative estimate of drug-likeness (QED) is 0.132. The summed E-state index contributed by atoms with van der Waals surface area (Å²) in [5.74, 6) is 0. The summed E-state index contributed by atoms with van der Waals surface area (Å²) in [6.45, 7) is -0.729. The van der Waals surface area contributed by atoms with Crippen LogP contribution < -0.4 is 21.5 Å². The second-order valence-corrected chi connectivity index (χ2v) is 4.68. The van der Waals surface area contributed by atoms with E-state index >= 15 is 0 Å². The Bertz CT molecular complexity index is 434. The van der Waals surface area contributed by atoms with E-state index in [1.807, 2.05) is 0 Å². The Balaban J connectivity index is 5.06. The zero-order chi connectivity index (χ0) is 17.1. The van der Waals surface area contributed by atoms with E-state index in [1.165, 1.54) is 0 Å². The number of aliphatic hydroxyl groups excluding tert-OH is 4. The smallest absolute Gasteiger partial charge is 0.186 e. The summed E-state index contributed by atoms with van der Waals surface area (Å²) in [5.41, 5.74) is 4.68. The van der Waals surface area contributed by atoms with Crippen molar-refractivity contribution < 1.29 is 20.4 Å². The monoisotopic (exact) mass is 352 g/mol. The molecule has 0 bridgehead atoms. The van der Waals surface area contributed by atoms with Crippen LogP contribution in [0.15, 0.2) is 10.2 Å². The van der Waals surface area contributed by atoms with E-state index in [0.29, 0.717) is 0 Å². The fourth-order valence-corrected chi connectivity index (χ4v) is 1.15. The van der Waals surface area contributed by atoms with E-state index in [2.05, 4.69) is 31.7 Å². The standard InChI is InChI=1S/C10H20N6O4S2/c1-11-9(21)15-13-3-5(14-16-10(22)12-2)7(19)8(20)6(18)4-17/h3,6-8,17-20H,4H2,1-2H3,(H2,11,15,21)(H2,12,16,22)/b13-3-,14-5+/t6-,7-,8-/m1/s1. The molecule has 0 fully saturated rings. The fourth-order valence-electron chi connectivity index (χ4n) is 1.05. The van der Waals surface area contributed by atoms with Gasteiger partial charge in [-0.25, -0.2) is 0 Å². The molecule has 0 aliphatic heterocycles. The van der Waals surface area contributed by atoms with E-state index in [4.69, 9.17) is 29.5 Å². The van der Waals surface area contributed by atoms with Gasteiger partial charge < -0.3 is 31.1 Å². The first-order valence-electron chi connectivity index (χ1n) is 6.08. The van der Waals surface area contributed by atoms with Crippen LogP contribution >= 0.6 is 24.4 Å². The molecule has 0 aromatic rings. The molecule has 0 saturated carbocycles. The van der Waals surface area contributed by atoms with Crippen LogP contribution in [0.1, 0.15) is 0 Å². The molecule has 0 radical (unpaired) electrons. The van der Waals surface area contributed by atoms with Crippen molar-refractivity contribution in [1.82, 2.24) is 21.5 Å². The first kappa shape index (κ1) is 20.6. The molecule has 8 N–H and O–H groups in total. The molecule has 0 saturated heterocycles. The summed E-state index contributed by atoms with van der Waals surface area (Å²) in [6.07, 6.45) is -3.76. The summed E-state index contributed by atoms with van der Waals surface area (Å²) < 4.78 is 0. The van der Waals surface area contributed by atoms with E-state index in [-0.39, 0.29) is 15.9 Å². The third-order valence-corrected chi connectivity index (χ3v) is 2.90. The molecule has 3 atom stereocenters. The number of nitrogens with zero attached hydrogens (tertiary/aromatic N) is 2. The first-order valence-corrected chi connectivity index (χ1v) is 6.90. The minimum Gasteiger partial charge on any atom is -0.394 e. The zero-order valence-electron chi connectivity index (χ0n) is 12.0. The van der Waals surface area contributed by atoms with Gasteiger partial charge in [0.25, 0.3) is 0 Å². The normalized spacial score (nSPS) is 15.8. The molecule has 0 rings (SSSR count). The molecule has 0 aliphatic carbocycles. The van der Waals surface area contributed by atoms with E-state index in [9.17, 15) is 15.3 Å². The molecular formula is C10H20N6O4S2. The highest BCUT2D eigenvalue weighted by atomic mass is 32.1. The summed E-state index contributed by atoms with van der Waals surface area (Å²) in [5, 5.41) is 50.9. The molecule has 10 nitrogen and oxygen atoms in total. The van der Waals surface area contributed by atoms with Crippen molar-refractivity contribution in [2.45, 2.75) is 18.3 Å². The van der Waals surface area contributed by atoms with Crippen LogP contribution in [0.3, 0.4) is 0 Å². The third kappa shape index (κ3) is 7.53. The summed E-state index contributed by atoms with van der Waals surface area (Å²) in [4.78, 5) is 0. The lowest BCUT2D eigenvalue weighted by atomic mass is 10.0. The van der Waals surface area contributed by atoms with E-state index < -0.39 is 24.9 Å². The lowest BCUT2D eigenvalue weighted by Crippen LogP contribution is -2.45. The highest BCUT2D eigenvalue weighted by molar-refractivity contribution is 7.80. The van der Waals surface area contributed by atoms with Crippen LogP contribution in [-0.4, -0.2) is 81.6 Å². The molecular weight excluding hydrogens is 332 g/mol. The molecule has 22 heavy (non-hydrogen) atoms. The molecule has 126 valence electrons. The van der Waals surface area contributed by atoms with Crippen molar-refractivity contribution >= 4 is 46.6 Å². The Labute approximate surface area is 138 Å². The molecule has 0 heterocycles. The maximum Gasteiger partial charge on any atom is 0.186 e. The van der Waals surface area contributed by atoms with Crippen molar-refractivity contribution in [1.29, 1.82) is 0 Å². The minimum atomic E-state index is -1.67. The van der Waals surface area contributed by atoms with Crippen LogP contribution in [0.2, 0.25) is 0 Å². The molecule has 0 spiro atoms. The van der Waals surface area contributed by atoms with Gasteiger partial charge in [-0.15, -0.1) is 0 Å². The first-order chi connectivity index (χ1) is 10.4. The molecule has 0 aliphatic rings. The van der Waals surface area contributed by atoms with Crippen molar-refractivity contribution in [3.63, 3.8) is 0 Å². The van der Waals surface area contributed by atoms with E-state index in [0.717, 1.165) is 6.21 Å². The Morgan fingerprint density at radius 1 is 1.09 bits per heavy atom. The summed E-state index contributed by atoms with van der Waals surface area (Å²) in [6, 6.07) is 0. The van der Waals surface area contributed by atoms with Gasteiger partial charge in [-0.1, -0.05) is 0 Å². The Morgan fingerprint density at radius 3 is 2.14 bits per heavy atom. The van der Waals surface area contributed by atoms with Gasteiger partial charge in [0.1, 0.15) is 24.0 Å². The number of hydrogen-bond acceptors (Lipinski definition) is 8. The number of nitrogens with one attached hydrogen (secondary N) is 4. The van der Waals surface area contributed by atoms with Gasteiger partial charge >= 0.3 is 0 Å². The topological polar surface area (TPSA) is 154 Å². The maximum absolute atomic E-state index is 9.96. The molecule has 12 heteroatoms. The van der Waals surface area contributed by atoms with E-state index in [1.54, 1.807) is 14.1 Å². The number of hydrazone groups is 2. The zero-order valence-corrected chi connectivity index (χ0v) is 13.6. The second-order valence-electron chi connectivity index (χ2n) is 3.86. The van der Waals surface area contributed by atoms with Gasteiger partial charge in [0, 0.05) is 14.1 Å². The number of rotatable bonds is 7. The van der Waals surface area contributed by atoms with Gasteiger partial charge in [0.2, 0.25) is 0 Å². The highest BCUT2D eigenvalue weighted by Gasteiger charge is 2.27. The maximum atomic E-state index is 9.96. The van der Waals surface area contributed by atoms with Gasteiger partial charge in [-0.05, 0) is 24.4 Å². The Morgan fingerprint density at radius 2 is 1.64 bits per heavy atom. The summed E-state index contributed by atoms with van der Waals surface area (Å²) >= 11 is 9.62. The Hall–Kier alpha value is -1.44. The van der Waals surface area contributed by atoms with Gasteiger partial charge in [-0.2, -0.15) is 10.2 Å². The number of aliphatic hydroxyl groups is 4. The minimum absolute atomic E-state index is 0.149. The highest BCUT2D eigenvalue weighted by Crippen LogP contribution is 2.01. The fraction of sp³-hybridized carbons (Fsp3) is 0.600. The van der Waals surface area contributed by atoms with Crippen molar-refractivity contribution in [3.8, 4) is 0 Å². The largest absolute Gasteiger partial charge is 0.394 e. The van der Waals surface area contributed by atoms with Gasteiger partial charge in [-0.3, -0.25) is 10.9 Å². The molecule has 0 unspecified atom stereocenters. The van der Waals surface area contributed by atoms with Crippen LogP contribution in [0.4, 0.5) is 0 Å². The number of thiocarbonyl (C=S) groups is 2. The molecule has 0 aromatic heterocycles. The Kier molecular flexibility index (Phi) is 10.4. The van der Waals surface area contributed by atoms with Crippen molar-refractivity contribution in [3.05, 3.63) is 0 Å². The van der Waals surface area contributed by atoms with Crippen molar-refractivity contribution in [2.24, 2.45) is 10.2 Å². The summed E-state index contributed by atoms with van der Waals surface area (Å²) in [7, 11) is 3.15. The second kappa shape index (κ2) is 11.2. The lowest BCUT2D eigenvalue weighted by Gasteiger charge is -2.21. The van der Waals surface area contributed by atoms with Crippen molar-refractivity contribution in [2.75, 3.05) is 20.7 Å². The average molecular weight is 352 g/mol. The van der Waals surface area contributed by atoms with Gasteiger partial charge in [0.15, 0.2) is 10.2 Å². The molecule has 0 amide bonds.